The van der Waals surface area contributed by atoms with Crippen molar-refractivity contribution in [1.82, 2.24) is 4.90 Å². The van der Waals surface area contributed by atoms with Gasteiger partial charge in [-0.05, 0) is 31.5 Å². The Hall–Kier alpha value is -2.24. The Labute approximate surface area is 123 Å². The first kappa shape index (κ1) is 15.2. The second-order valence-electron chi connectivity index (χ2n) is 5.57. The van der Waals surface area contributed by atoms with Crippen LogP contribution in [0.4, 0.5) is 4.79 Å². The molecular formula is C15H19NO5. The summed E-state index contributed by atoms with van der Waals surface area (Å²) in [4.78, 5) is 23.8. The molecule has 1 aromatic rings. The van der Waals surface area contributed by atoms with Crippen molar-refractivity contribution in [2.45, 2.75) is 25.4 Å². The molecule has 0 aliphatic carbocycles. The van der Waals surface area contributed by atoms with E-state index in [1.54, 1.807) is 26.0 Å². The third kappa shape index (κ3) is 3.09. The zero-order valence-electron chi connectivity index (χ0n) is 12.3. The van der Waals surface area contributed by atoms with E-state index in [1.165, 1.54) is 12.0 Å². The number of rotatable bonds is 4. The van der Waals surface area contributed by atoms with Crippen LogP contribution < -0.4 is 4.74 Å². The Bertz CT molecular complexity index is 549. The highest BCUT2D eigenvalue weighted by molar-refractivity contribution is 5.82. The minimum Gasteiger partial charge on any atom is -0.487 e. The van der Waals surface area contributed by atoms with E-state index in [0.29, 0.717) is 18.8 Å². The van der Waals surface area contributed by atoms with Crippen LogP contribution in [0.15, 0.2) is 24.3 Å². The van der Waals surface area contributed by atoms with Crippen LogP contribution in [0.1, 0.15) is 19.4 Å². The lowest BCUT2D eigenvalue weighted by atomic mass is 9.84. The molecule has 1 amide bonds. The van der Waals surface area contributed by atoms with Crippen LogP contribution in [0.3, 0.4) is 0 Å². The van der Waals surface area contributed by atoms with Crippen LogP contribution in [0.5, 0.6) is 5.75 Å². The summed E-state index contributed by atoms with van der Waals surface area (Å²) in [6.45, 7) is 4.29. The van der Waals surface area contributed by atoms with Crippen molar-refractivity contribution in [3.05, 3.63) is 29.8 Å². The zero-order chi connectivity index (χ0) is 15.6. The highest BCUT2D eigenvalue weighted by atomic mass is 16.5. The highest BCUT2D eigenvalue weighted by Crippen LogP contribution is 2.28. The van der Waals surface area contributed by atoms with Gasteiger partial charge in [0.15, 0.2) is 0 Å². The Morgan fingerprint density at radius 3 is 2.57 bits per heavy atom. The van der Waals surface area contributed by atoms with Gasteiger partial charge >= 0.3 is 12.1 Å². The number of nitrogens with zero attached hydrogens (tertiary/aromatic N) is 1. The summed E-state index contributed by atoms with van der Waals surface area (Å²) < 4.78 is 10.5. The van der Waals surface area contributed by atoms with E-state index in [2.05, 4.69) is 0 Å². The molecule has 0 unspecified atom stereocenters. The molecular weight excluding hydrogens is 274 g/mol. The quantitative estimate of drug-likeness (QED) is 0.858. The predicted molar refractivity (Wildman–Crippen MR) is 75.5 cm³/mol. The van der Waals surface area contributed by atoms with Gasteiger partial charge in [0.05, 0.1) is 25.6 Å². The standard InChI is InChI=1S/C15H19NO5/c1-15(2,13(17)20-3)10-5-4-6-11(7-10)21-12-8-16(9-12)14(18)19/h4-7,12H,8-9H2,1-3H3,(H,18,19). The summed E-state index contributed by atoms with van der Waals surface area (Å²) in [5.74, 6) is 0.305. The molecule has 1 heterocycles. The second-order valence-corrected chi connectivity index (χ2v) is 5.57. The van der Waals surface area contributed by atoms with Crippen molar-refractivity contribution in [1.29, 1.82) is 0 Å². The number of benzene rings is 1. The molecule has 0 spiro atoms. The predicted octanol–water partition coefficient (Wildman–Crippen LogP) is 1.88. The summed E-state index contributed by atoms with van der Waals surface area (Å²) in [7, 11) is 1.36. The molecule has 0 radical (unpaired) electrons. The van der Waals surface area contributed by atoms with Gasteiger partial charge in [-0.25, -0.2) is 4.79 Å². The fourth-order valence-electron chi connectivity index (χ4n) is 2.19. The summed E-state index contributed by atoms with van der Waals surface area (Å²) in [5.41, 5.74) is 0.0298. The number of hydrogen-bond donors (Lipinski definition) is 1. The molecule has 1 aliphatic heterocycles. The van der Waals surface area contributed by atoms with Crippen molar-refractivity contribution in [2.24, 2.45) is 0 Å². The van der Waals surface area contributed by atoms with Crippen LogP contribution >= 0.6 is 0 Å². The van der Waals surface area contributed by atoms with Crippen LogP contribution in [0, 0.1) is 0 Å². The SMILES string of the molecule is COC(=O)C(C)(C)c1cccc(OC2CN(C(=O)O)C2)c1. The van der Waals surface area contributed by atoms with E-state index in [-0.39, 0.29) is 12.1 Å². The molecule has 6 heteroatoms. The van der Waals surface area contributed by atoms with Gasteiger partial charge in [0.2, 0.25) is 0 Å². The molecule has 114 valence electrons. The van der Waals surface area contributed by atoms with E-state index in [9.17, 15) is 9.59 Å². The largest absolute Gasteiger partial charge is 0.487 e. The molecule has 1 N–H and O–H groups in total. The van der Waals surface area contributed by atoms with Gasteiger partial charge in [0.1, 0.15) is 11.9 Å². The first-order valence-corrected chi connectivity index (χ1v) is 6.68. The molecule has 1 aromatic carbocycles. The van der Waals surface area contributed by atoms with Crippen molar-refractivity contribution >= 4 is 12.1 Å². The van der Waals surface area contributed by atoms with Crippen LogP contribution in [0.2, 0.25) is 0 Å². The molecule has 0 bridgehead atoms. The summed E-state index contributed by atoms with van der Waals surface area (Å²) in [6.07, 6.45) is -1.08. The Kier molecular flexibility index (Phi) is 4.06. The second kappa shape index (κ2) is 5.63. The first-order chi connectivity index (χ1) is 9.84. The number of likely N-dealkylation sites (tertiary alicyclic amines) is 1. The Morgan fingerprint density at radius 2 is 2.00 bits per heavy atom. The average Bonchev–Trinajstić information content (AvgIpc) is 2.41. The molecule has 2 rings (SSSR count). The monoisotopic (exact) mass is 293 g/mol. The molecule has 21 heavy (non-hydrogen) atoms. The number of amides is 1. The lowest BCUT2D eigenvalue weighted by molar-refractivity contribution is -0.146. The Balaban J connectivity index is 2.05. The molecule has 0 saturated carbocycles. The van der Waals surface area contributed by atoms with Crippen molar-refractivity contribution in [3.63, 3.8) is 0 Å². The fraction of sp³-hybridized carbons (Fsp3) is 0.467. The van der Waals surface area contributed by atoms with Crippen LogP contribution in [0.25, 0.3) is 0 Å². The van der Waals surface area contributed by atoms with Crippen molar-refractivity contribution in [3.8, 4) is 5.75 Å². The van der Waals surface area contributed by atoms with Gasteiger partial charge in [-0.2, -0.15) is 0 Å². The lowest BCUT2D eigenvalue weighted by Crippen LogP contribution is -2.55. The van der Waals surface area contributed by atoms with E-state index < -0.39 is 11.5 Å². The number of ether oxygens (including phenoxy) is 2. The molecule has 1 aliphatic rings. The first-order valence-electron chi connectivity index (χ1n) is 6.68. The van der Waals surface area contributed by atoms with Crippen LogP contribution in [-0.2, 0) is 14.9 Å². The molecule has 0 aromatic heterocycles. The number of carbonyl (C=O) groups excluding carboxylic acids is 1. The minimum absolute atomic E-state index is 0.141. The third-order valence-corrected chi connectivity index (χ3v) is 3.67. The normalized spacial score (nSPS) is 15.3. The maximum Gasteiger partial charge on any atom is 0.407 e. The number of hydrogen-bond acceptors (Lipinski definition) is 4. The van der Waals surface area contributed by atoms with E-state index in [4.69, 9.17) is 14.6 Å². The summed E-state index contributed by atoms with van der Waals surface area (Å²) >= 11 is 0. The molecule has 6 nitrogen and oxygen atoms in total. The van der Waals surface area contributed by atoms with Gasteiger partial charge in [0.25, 0.3) is 0 Å². The average molecular weight is 293 g/mol. The van der Waals surface area contributed by atoms with Crippen molar-refractivity contribution in [2.75, 3.05) is 20.2 Å². The number of carbonyl (C=O) groups is 2. The maximum absolute atomic E-state index is 11.8. The highest BCUT2D eigenvalue weighted by Gasteiger charge is 2.33. The van der Waals surface area contributed by atoms with E-state index >= 15 is 0 Å². The van der Waals surface area contributed by atoms with E-state index in [1.807, 2.05) is 12.1 Å². The molecule has 0 atom stereocenters. The van der Waals surface area contributed by atoms with E-state index in [0.717, 1.165) is 5.56 Å². The number of carboxylic acid groups (broad SMARTS) is 1. The van der Waals surface area contributed by atoms with Gasteiger partial charge in [0, 0.05) is 0 Å². The number of methoxy groups -OCH3 is 1. The third-order valence-electron chi connectivity index (χ3n) is 3.67. The number of esters is 1. The summed E-state index contributed by atoms with van der Waals surface area (Å²) in [6, 6.07) is 7.23. The topological polar surface area (TPSA) is 76.1 Å². The van der Waals surface area contributed by atoms with Crippen LogP contribution in [-0.4, -0.2) is 48.4 Å². The van der Waals surface area contributed by atoms with Gasteiger partial charge in [-0.3, -0.25) is 4.79 Å². The fourth-order valence-corrected chi connectivity index (χ4v) is 2.19. The summed E-state index contributed by atoms with van der Waals surface area (Å²) in [5, 5.41) is 8.78. The minimum atomic E-state index is -0.935. The maximum atomic E-state index is 11.8. The van der Waals surface area contributed by atoms with Crippen molar-refractivity contribution < 1.29 is 24.2 Å². The Morgan fingerprint density at radius 1 is 1.33 bits per heavy atom. The lowest BCUT2D eigenvalue weighted by Gasteiger charge is -2.37. The zero-order valence-corrected chi connectivity index (χ0v) is 12.3. The van der Waals surface area contributed by atoms with Gasteiger partial charge < -0.3 is 19.5 Å². The van der Waals surface area contributed by atoms with Gasteiger partial charge in [-0.15, -0.1) is 0 Å². The molecule has 1 saturated heterocycles. The smallest absolute Gasteiger partial charge is 0.407 e. The molecule has 1 fully saturated rings. The van der Waals surface area contributed by atoms with Gasteiger partial charge in [-0.1, -0.05) is 12.1 Å².